The Morgan fingerprint density at radius 2 is 2.19 bits per heavy atom. The van der Waals surface area contributed by atoms with Crippen molar-refractivity contribution in [3.63, 3.8) is 0 Å². The normalized spacial score (nSPS) is 11.0. The molecule has 0 unspecified atom stereocenters. The molecule has 0 spiro atoms. The smallest absolute Gasteiger partial charge is 0.275 e. The summed E-state index contributed by atoms with van der Waals surface area (Å²) in [6, 6.07) is 0. The monoisotopic (exact) mass is 235 g/mol. The van der Waals surface area contributed by atoms with Crippen molar-refractivity contribution in [1.82, 2.24) is 14.5 Å². The first-order valence-corrected chi connectivity index (χ1v) is 5.97. The zero-order chi connectivity index (χ0) is 11.7. The molecule has 0 amide bonds. The Bertz CT molecular complexity index is 556. The van der Waals surface area contributed by atoms with Crippen molar-refractivity contribution >= 4 is 11.3 Å². The van der Waals surface area contributed by atoms with Gasteiger partial charge in [0.15, 0.2) is 5.82 Å². The van der Waals surface area contributed by atoms with Crippen molar-refractivity contribution < 1.29 is 0 Å². The lowest BCUT2D eigenvalue weighted by atomic mass is 10.2. The summed E-state index contributed by atoms with van der Waals surface area (Å²) >= 11 is 1.17. The first-order chi connectivity index (χ1) is 7.59. The van der Waals surface area contributed by atoms with E-state index in [9.17, 15) is 4.79 Å². The number of aromatic nitrogens is 3. The standard InChI is InChI=1S/C11H13N3OS/c1-7(2)9-12-4-5-14(9)10-11(15)16-6-8(3)13-10/h4-7H,1-3H3. The van der Waals surface area contributed by atoms with Gasteiger partial charge in [0, 0.05) is 29.4 Å². The quantitative estimate of drug-likeness (QED) is 0.801. The second kappa shape index (κ2) is 4.17. The predicted octanol–water partition coefficient (Wildman–Crippen LogP) is 2.12. The van der Waals surface area contributed by atoms with Crippen LogP contribution in [0.25, 0.3) is 5.82 Å². The topological polar surface area (TPSA) is 47.8 Å². The summed E-state index contributed by atoms with van der Waals surface area (Å²) in [5.41, 5.74) is 0.850. The molecule has 2 aromatic heterocycles. The van der Waals surface area contributed by atoms with Gasteiger partial charge in [-0.05, 0) is 6.92 Å². The van der Waals surface area contributed by atoms with E-state index in [0.29, 0.717) is 5.82 Å². The molecule has 0 saturated carbocycles. The molecule has 0 aliphatic heterocycles. The van der Waals surface area contributed by atoms with Gasteiger partial charge in [0.2, 0.25) is 0 Å². The highest BCUT2D eigenvalue weighted by atomic mass is 32.1. The summed E-state index contributed by atoms with van der Waals surface area (Å²) in [4.78, 5) is 20.3. The lowest BCUT2D eigenvalue weighted by molar-refractivity contribution is 0.742. The first-order valence-electron chi connectivity index (χ1n) is 5.09. The molecular formula is C11H13N3OS. The Labute approximate surface area is 97.6 Å². The molecular weight excluding hydrogens is 222 g/mol. The third kappa shape index (κ3) is 1.90. The van der Waals surface area contributed by atoms with Crippen LogP contribution in [0.3, 0.4) is 0 Å². The van der Waals surface area contributed by atoms with Crippen LogP contribution in [0.1, 0.15) is 31.3 Å². The van der Waals surface area contributed by atoms with Gasteiger partial charge in [-0.2, -0.15) is 0 Å². The minimum atomic E-state index is -0.0366. The van der Waals surface area contributed by atoms with Crippen LogP contribution >= 0.6 is 11.3 Å². The van der Waals surface area contributed by atoms with Crippen LogP contribution in [0.2, 0.25) is 0 Å². The molecule has 0 saturated heterocycles. The van der Waals surface area contributed by atoms with Gasteiger partial charge in [-0.15, -0.1) is 0 Å². The van der Waals surface area contributed by atoms with E-state index < -0.39 is 0 Å². The Morgan fingerprint density at radius 1 is 1.44 bits per heavy atom. The van der Waals surface area contributed by atoms with E-state index in [2.05, 4.69) is 9.97 Å². The van der Waals surface area contributed by atoms with Gasteiger partial charge < -0.3 is 0 Å². The van der Waals surface area contributed by atoms with Gasteiger partial charge in [-0.1, -0.05) is 25.2 Å². The molecule has 0 atom stereocenters. The second-order valence-electron chi connectivity index (χ2n) is 3.91. The SMILES string of the molecule is Cc1csc(=O)c(-n2ccnc2C(C)C)n1. The Balaban J connectivity index is 2.63. The Kier molecular flexibility index (Phi) is 2.87. The van der Waals surface area contributed by atoms with E-state index in [1.165, 1.54) is 11.3 Å². The van der Waals surface area contributed by atoms with Crippen LogP contribution in [-0.4, -0.2) is 14.5 Å². The Hall–Kier alpha value is -1.49. The molecule has 5 heteroatoms. The molecule has 0 N–H and O–H groups in total. The van der Waals surface area contributed by atoms with Gasteiger partial charge in [0.25, 0.3) is 4.74 Å². The molecule has 2 rings (SSSR count). The third-order valence-electron chi connectivity index (χ3n) is 2.22. The van der Waals surface area contributed by atoms with E-state index in [0.717, 1.165) is 11.5 Å². The largest absolute Gasteiger partial charge is 0.284 e. The molecule has 0 aliphatic rings. The van der Waals surface area contributed by atoms with E-state index in [1.807, 2.05) is 20.8 Å². The molecule has 4 nitrogen and oxygen atoms in total. The van der Waals surface area contributed by atoms with Gasteiger partial charge >= 0.3 is 0 Å². The zero-order valence-electron chi connectivity index (χ0n) is 9.47. The van der Waals surface area contributed by atoms with E-state index in [-0.39, 0.29) is 10.7 Å². The fraction of sp³-hybridized carbons (Fsp3) is 0.364. The molecule has 0 fully saturated rings. The number of hydrogen-bond donors (Lipinski definition) is 0. The van der Waals surface area contributed by atoms with Crippen LogP contribution in [0.5, 0.6) is 0 Å². The van der Waals surface area contributed by atoms with Crippen molar-refractivity contribution in [3.05, 3.63) is 38.8 Å². The molecule has 0 aromatic carbocycles. The molecule has 16 heavy (non-hydrogen) atoms. The highest BCUT2D eigenvalue weighted by Gasteiger charge is 2.12. The summed E-state index contributed by atoms with van der Waals surface area (Å²) in [7, 11) is 0. The lowest BCUT2D eigenvalue weighted by Gasteiger charge is -2.08. The van der Waals surface area contributed by atoms with Crippen molar-refractivity contribution in [1.29, 1.82) is 0 Å². The van der Waals surface area contributed by atoms with Gasteiger partial charge in [0.05, 0.1) is 0 Å². The lowest BCUT2D eigenvalue weighted by Crippen LogP contribution is -2.13. The number of nitrogens with zero attached hydrogens (tertiary/aromatic N) is 3. The fourth-order valence-corrected chi connectivity index (χ4v) is 2.08. The molecule has 0 radical (unpaired) electrons. The first kappa shape index (κ1) is 11.0. The maximum absolute atomic E-state index is 11.8. The molecule has 2 aromatic rings. The minimum absolute atomic E-state index is 0.0366. The average molecular weight is 235 g/mol. The van der Waals surface area contributed by atoms with Crippen molar-refractivity contribution in [2.45, 2.75) is 26.7 Å². The van der Waals surface area contributed by atoms with Crippen molar-refractivity contribution in [2.24, 2.45) is 0 Å². The average Bonchev–Trinajstić information content (AvgIpc) is 2.70. The highest BCUT2D eigenvalue weighted by Crippen LogP contribution is 2.14. The summed E-state index contributed by atoms with van der Waals surface area (Å²) in [5.74, 6) is 1.58. The second-order valence-corrected chi connectivity index (χ2v) is 4.75. The summed E-state index contributed by atoms with van der Waals surface area (Å²) in [6.45, 7) is 5.97. The minimum Gasteiger partial charge on any atom is -0.284 e. The summed E-state index contributed by atoms with van der Waals surface area (Å²) in [6.07, 6.45) is 3.48. The van der Waals surface area contributed by atoms with Crippen LogP contribution in [0.15, 0.2) is 22.6 Å². The Morgan fingerprint density at radius 3 is 2.88 bits per heavy atom. The van der Waals surface area contributed by atoms with Crippen molar-refractivity contribution in [3.8, 4) is 5.82 Å². The number of rotatable bonds is 2. The molecule has 0 bridgehead atoms. The predicted molar refractivity (Wildman–Crippen MR) is 64.3 cm³/mol. The third-order valence-corrected chi connectivity index (χ3v) is 3.07. The maximum atomic E-state index is 11.8. The number of aryl methyl sites for hydroxylation is 1. The van der Waals surface area contributed by atoms with Crippen molar-refractivity contribution in [2.75, 3.05) is 0 Å². The summed E-state index contributed by atoms with van der Waals surface area (Å²) < 4.78 is 1.74. The maximum Gasteiger partial charge on any atom is 0.275 e. The van der Waals surface area contributed by atoms with Crippen LogP contribution in [0, 0.1) is 6.92 Å². The number of imidazole rings is 1. The molecule has 2 heterocycles. The van der Waals surface area contributed by atoms with Gasteiger partial charge in [0.1, 0.15) is 5.82 Å². The van der Waals surface area contributed by atoms with Crippen LogP contribution in [0.4, 0.5) is 0 Å². The van der Waals surface area contributed by atoms with Crippen LogP contribution < -0.4 is 4.74 Å². The van der Waals surface area contributed by atoms with E-state index >= 15 is 0 Å². The molecule has 84 valence electrons. The molecule has 0 aliphatic carbocycles. The number of hydrogen-bond acceptors (Lipinski definition) is 4. The van der Waals surface area contributed by atoms with Crippen LogP contribution in [-0.2, 0) is 0 Å². The highest BCUT2D eigenvalue weighted by molar-refractivity contribution is 7.07. The van der Waals surface area contributed by atoms with E-state index in [4.69, 9.17) is 0 Å². The zero-order valence-corrected chi connectivity index (χ0v) is 10.3. The van der Waals surface area contributed by atoms with E-state index in [1.54, 1.807) is 22.3 Å². The fourth-order valence-electron chi connectivity index (χ4n) is 1.50. The van der Waals surface area contributed by atoms with Gasteiger partial charge in [-0.3, -0.25) is 9.36 Å². The van der Waals surface area contributed by atoms with Gasteiger partial charge in [-0.25, -0.2) is 9.97 Å². The summed E-state index contributed by atoms with van der Waals surface area (Å²) in [5, 5.41) is 1.76.